The van der Waals surface area contributed by atoms with Crippen molar-refractivity contribution in [1.82, 2.24) is 4.90 Å². The number of unbranched alkanes of at least 4 members (excludes halogenated alkanes) is 3. The molecule has 0 saturated heterocycles. The lowest BCUT2D eigenvalue weighted by Gasteiger charge is -2.16. The topological polar surface area (TPSA) is 134 Å². The van der Waals surface area contributed by atoms with Crippen molar-refractivity contribution < 1.29 is 43.6 Å². The Bertz CT molecular complexity index is 1440. The summed E-state index contributed by atoms with van der Waals surface area (Å²) in [5, 5.41) is 27.9. The molecule has 3 aromatic carbocycles. The van der Waals surface area contributed by atoms with Crippen molar-refractivity contribution in [2.75, 3.05) is 27.3 Å². The van der Waals surface area contributed by atoms with Crippen LogP contribution in [0.1, 0.15) is 66.4 Å². The molecule has 3 rings (SSSR count). The Balaban J connectivity index is 1.56. The number of phenolic OH excluding ortho intramolecular Hbond substituents is 1. The molecule has 9 nitrogen and oxygen atoms in total. The first-order chi connectivity index (χ1) is 21.0. The van der Waals surface area contributed by atoms with Crippen LogP contribution in [0.4, 0.5) is 4.39 Å². The fourth-order valence-corrected chi connectivity index (χ4v) is 4.79. The number of benzene rings is 3. The van der Waals surface area contributed by atoms with Crippen LogP contribution in [0.3, 0.4) is 0 Å². The van der Waals surface area contributed by atoms with Gasteiger partial charge in [0.15, 0.2) is 11.6 Å². The number of rotatable bonds is 18. The van der Waals surface area contributed by atoms with Crippen molar-refractivity contribution in [3.8, 4) is 28.4 Å². The van der Waals surface area contributed by atoms with E-state index in [1.54, 1.807) is 38.4 Å². The second kappa shape index (κ2) is 16.9. The molecular weight excluding hydrogens is 569 g/mol. The fraction of sp³-hybridized carbons (Fsp3) is 0.382. The number of halogens is 1. The average Bonchev–Trinajstić information content (AvgIpc) is 2.98. The summed E-state index contributed by atoms with van der Waals surface area (Å²) in [7, 11) is 3.31. The number of ether oxygens (including phenoxy) is 2. The number of carbonyl (C=O) groups is 3. The first kappa shape index (κ1) is 33.9. The molecule has 44 heavy (non-hydrogen) atoms. The zero-order valence-electron chi connectivity index (χ0n) is 25.2. The standard InChI is InChI=1S/C34H40FNO8/c1-36(2)34(42)26-19-25(24-13-15-29(35)30(37)22-24)20-27(21-26)43-17-6-4-3-5-9-23-10-7-11-31(28(23)14-16-33(40)41)44-18-8-12-32(38)39/h7,10-11,13,15,19-22,37H,3-6,8-9,12,14,16-18H2,1-2H3,(H,38,39)(H,40,41). The lowest BCUT2D eigenvalue weighted by Crippen LogP contribution is -2.21. The minimum Gasteiger partial charge on any atom is -0.505 e. The Kier molecular flexibility index (Phi) is 13.0. The van der Waals surface area contributed by atoms with Crippen LogP contribution < -0.4 is 9.47 Å². The highest BCUT2D eigenvalue weighted by atomic mass is 19.1. The molecule has 0 fully saturated rings. The van der Waals surface area contributed by atoms with Crippen LogP contribution in [-0.4, -0.2) is 65.4 Å². The van der Waals surface area contributed by atoms with Crippen molar-refractivity contribution in [1.29, 1.82) is 0 Å². The Hall–Kier alpha value is -4.60. The van der Waals surface area contributed by atoms with Gasteiger partial charge < -0.3 is 29.7 Å². The molecule has 3 aromatic rings. The van der Waals surface area contributed by atoms with Crippen LogP contribution in [0.5, 0.6) is 17.2 Å². The summed E-state index contributed by atoms with van der Waals surface area (Å²) in [4.78, 5) is 36.1. The molecular formula is C34H40FNO8. The van der Waals surface area contributed by atoms with Crippen LogP contribution in [0.25, 0.3) is 11.1 Å². The molecule has 0 radical (unpaired) electrons. The second-order valence-electron chi connectivity index (χ2n) is 10.8. The molecule has 0 bridgehead atoms. The van der Waals surface area contributed by atoms with Gasteiger partial charge in [0, 0.05) is 32.5 Å². The zero-order chi connectivity index (χ0) is 32.1. The Labute approximate surface area is 256 Å². The van der Waals surface area contributed by atoms with Crippen LogP contribution >= 0.6 is 0 Å². The number of carboxylic acids is 2. The van der Waals surface area contributed by atoms with E-state index in [1.165, 1.54) is 23.1 Å². The molecule has 0 aliphatic carbocycles. The minimum absolute atomic E-state index is 0.00742. The quantitative estimate of drug-likeness (QED) is 0.142. The number of aryl methyl sites for hydroxylation is 1. The molecule has 10 heteroatoms. The molecule has 0 saturated carbocycles. The van der Waals surface area contributed by atoms with Gasteiger partial charge in [-0.3, -0.25) is 14.4 Å². The van der Waals surface area contributed by atoms with Crippen molar-refractivity contribution >= 4 is 17.8 Å². The number of amides is 1. The third-order valence-corrected chi connectivity index (χ3v) is 7.06. The number of aliphatic carboxylic acids is 2. The van der Waals surface area contributed by atoms with E-state index in [2.05, 4.69) is 0 Å². The number of carboxylic acid groups (broad SMARTS) is 2. The predicted octanol–water partition coefficient (Wildman–Crippen LogP) is 6.34. The van der Waals surface area contributed by atoms with Crippen molar-refractivity contribution in [3.63, 3.8) is 0 Å². The molecule has 0 aliphatic heterocycles. The molecule has 3 N–H and O–H groups in total. The van der Waals surface area contributed by atoms with Crippen molar-refractivity contribution in [2.24, 2.45) is 0 Å². The van der Waals surface area contributed by atoms with Gasteiger partial charge in [0.1, 0.15) is 11.5 Å². The third kappa shape index (κ3) is 10.6. The highest BCUT2D eigenvalue weighted by Gasteiger charge is 2.15. The normalized spacial score (nSPS) is 10.8. The molecule has 0 aromatic heterocycles. The number of aromatic hydroxyl groups is 1. The molecule has 1 amide bonds. The summed E-state index contributed by atoms with van der Waals surface area (Å²) in [5.74, 6) is -2.08. The second-order valence-corrected chi connectivity index (χ2v) is 10.8. The van der Waals surface area contributed by atoms with Crippen LogP contribution in [0.15, 0.2) is 54.6 Å². The summed E-state index contributed by atoms with van der Waals surface area (Å²) in [5.41, 5.74) is 3.47. The van der Waals surface area contributed by atoms with Crippen molar-refractivity contribution in [3.05, 3.63) is 77.1 Å². The number of hydrogen-bond donors (Lipinski definition) is 3. The van der Waals surface area contributed by atoms with E-state index in [9.17, 15) is 29.0 Å². The Morgan fingerprint density at radius 2 is 1.50 bits per heavy atom. The Morgan fingerprint density at radius 3 is 2.20 bits per heavy atom. The first-order valence-corrected chi connectivity index (χ1v) is 14.7. The van der Waals surface area contributed by atoms with Gasteiger partial charge >= 0.3 is 11.9 Å². The number of nitrogens with zero attached hydrogens (tertiary/aromatic N) is 1. The smallest absolute Gasteiger partial charge is 0.303 e. The van der Waals surface area contributed by atoms with E-state index in [4.69, 9.17) is 14.6 Å². The molecule has 236 valence electrons. The van der Waals surface area contributed by atoms with Crippen LogP contribution in [0, 0.1) is 5.82 Å². The maximum atomic E-state index is 13.6. The van der Waals surface area contributed by atoms with Gasteiger partial charge in [-0.2, -0.15) is 0 Å². The van der Waals surface area contributed by atoms with Gasteiger partial charge in [-0.25, -0.2) is 4.39 Å². The van der Waals surface area contributed by atoms with E-state index in [0.29, 0.717) is 47.6 Å². The number of hydrogen-bond acceptors (Lipinski definition) is 6. The summed E-state index contributed by atoms with van der Waals surface area (Å²) in [6.45, 7) is 0.674. The Morgan fingerprint density at radius 1 is 0.773 bits per heavy atom. The zero-order valence-corrected chi connectivity index (χ0v) is 25.2. The first-order valence-electron chi connectivity index (χ1n) is 14.7. The van der Waals surface area contributed by atoms with Gasteiger partial charge in [-0.1, -0.05) is 31.0 Å². The molecule has 0 spiro atoms. The summed E-state index contributed by atoms with van der Waals surface area (Å²) in [6.07, 6.45) is 4.92. The van der Waals surface area contributed by atoms with Gasteiger partial charge in [-0.15, -0.1) is 0 Å². The molecule has 0 heterocycles. The van der Waals surface area contributed by atoms with E-state index in [-0.39, 0.29) is 25.4 Å². The minimum atomic E-state index is -0.892. The average molecular weight is 610 g/mol. The lowest BCUT2D eigenvalue weighted by molar-refractivity contribution is -0.138. The monoisotopic (exact) mass is 609 g/mol. The number of phenols is 1. The highest BCUT2D eigenvalue weighted by Crippen LogP contribution is 2.30. The summed E-state index contributed by atoms with van der Waals surface area (Å²) < 4.78 is 25.4. The SMILES string of the molecule is CN(C)C(=O)c1cc(OCCCCCCc2cccc(OCCCC(=O)O)c2CCC(=O)O)cc(-c2ccc(F)c(O)c2)c1. The van der Waals surface area contributed by atoms with Gasteiger partial charge in [0.05, 0.1) is 13.2 Å². The van der Waals surface area contributed by atoms with Gasteiger partial charge in [-0.05, 0) is 90.8 Å². The fourth-order valence-electron chi connectivity index (χ4n) is 4.79. The maximum Gasteiger partial charge on any atom is 0.303 e. The van der Waals surface area contributed by atoms with Crippen LogP contribution in [-0.2, 0) is 22.4 Å². The highest BCUT2D eigenvalue weighted by molar-refractivity contribution is 5.95. The third-order valence-electron chi connectivity index (χ3n) is 7.06. The maximum absolute atomic E-state index is 13.6. The van der Waals surface area contributed by atoms with Crippen LogP contribution in [0.2, 0.25) is 0 Å². The summed E-state index contributed by atoms with van der Waals surface area (Å²) in [6, 6.07) is 14.8. The molecule has 0 aliphatic rings. The molecule has 0 unspecified atom stereocenters. The van der Waals surface area contributed by atoms with Gasteiger partial charge in [0.2, 0.25) is 0 Å². The summed E-state index contributed by atoms with van der Waals surface area (Å²) >= 11 is 0. The predicted molar refractivity (Wildman–Crippen MR) is 164 cm³/mol. The largest absolute Gasteiger partial charge is 0.505 e. The lowest BCUT2D eigenvalue weighted by atomic mass is 9.97. The van der Waals surface area contributed by atoms with E-state index in [0.717, 1.165) is 43.2 Å². The van der Waals surface area contributed by atoms with Gasteiger partial charge in [0.25, 0.3) is 5.91 Å². The van der Waals surface area contributed by atoms with E-state index >= 15 is 0 Å². The van der Waals surface area contributed by atoms with E-state index in [1.807, 2.05) is 12.1 Å². The number of carbonyl (C=O) groups excluding carboxylic acids is 1. The van der Waals surface area contributed by atoms with Crippen molar-refractivity contribution in [2.45, 2.75) is 57.8 Å². The molecule has 0 atom stereocenters. The van der Waals surface area contributed by atoms with E-state index < -0.39 is 23.5 Å².